The van der Waals surface area contributed by atoms with Gasteiger partial charge in [0.15, 0.2) is 0 Å². The average Bonchev–Trinajstić information content (AvgIpc) is 2.91. The number of aliphatic carboxylic acids is 1. The maximum Gasteiger partial charge on any atom is 0.304 e. The van der Waals surface area contributed by atoms with E-state index in [0.717, 1.165) is 24.0 Å². The Kier molecular flexibility index (Phi) is 2.66. The lowest BCUT2D eigenvalue weighted by atomic mass is 9.89. The topological polar surface area (TPSA) is 37.3 Å². The summed E-state index contributed by atoms with van der Waals surface area (Å²) in [4.78, 5) is 10.8. The summed E-state index contributed by atoms with van der Waals surface area (Å²) in [7, 11) is 0. The number of carboxylic acid groups (broad SMARTS) is 1. The molecule has 0 amide bonds. The molecule has 1 aliphatic rings. The van der Waals surface area contributed by atoms with Crippen LogP contribution in [-0.4, -0.2) is 11.1 Å². The highest BCUT2D eigenvalue weighted by molar-refractivity contribution is 6.31. The van der Waals surface area contributed by atoms with Crippen molar-refractivity contribution in [3.05, 3.63) is 34.1 Å². The van der Waals surface area contributed by atoms with Crippen LogP contribution in [0.1, 0.15) is 30.4 Å². The average molecular weight is 243 g/mol. The Labute approximate surface area is 98.0 Å². The first kappa shape index (κ1) is 11.4. The fraction of sp³-hybridized carbons (Fsp3) is 0.417. The zero-order valence-corrected chi connectivity index (χ0v) is 9.64. The van der Waals surface area contributed by atoms with Gasteiger partial charge in [0.25, 0.3) is 0 Å². The first-order chi connectivity index (χ1) is 7.44. The van der Waals surface area contributed by atoms with Crippen molar-refractivity contribution >= 4 is 17.6 Å². The van der Waals surface area contributed by atoms with Crippen LogP contribution in [0.5, 0.6) is 0 Å². The standard InChI is InChI=1S/C12H12ClFO2/c1-7-9(4-8(14)5-10(7)13)12(2-3-12)6-11(15)16/h4-5H,2-3,6H2,1H3,(H,15,16). The second-order valence-corrected chi connectivity index (χ2v) is 4.82. The van der Waals surface area contributed by atoms with E-state index in [1.807, 2.05) is 0 Å². The fourth-order valence-electron chi connectivity index (χ4n) is 2.18. The van der Waals surface area contributed by atoms with E-state index in [2.05, 4.69) is 0 Å². The van der Waals surface area contributed by atoms with Crippen LogP contribution in [-0.2, 0) is 10.2 Å². The van der Waals surface area contributed by atoms with Crippen molar-refractivity contribution in [2.24, 2.45) is 0 Å². The molecule has 1 aliphatic carbocycles. The van der Waals surface area contributed by atoms with E-state index >= 15 is 0 Å². The van der Waals surface area contributed by atoms with Gasteiger partial charge in [0.2, 0.25) is 0 Å². The predicted molar refractivity (Wildman–Crippen MR) is 59.3 cm³/mol. The lowest BCUT2D eigenvalue weighted by molar-refractivity contribution is -0.137. The van der Waals surface area contributed by atoms with Gasteiger partial charge in [-0.3, -0.25) is 4.79 Å². The highest BCUT2D eigenvalue weighted by Gasteiger charge is 2.47. The molecule has 1 N–H and O–H groups in total. The van der Waals surface area contributed by atoms with E-state index in [-0.39, 0.29) is 11.8 Å². The second kappa shape index (κ2) is 3.74. The zero-order chi connectivity index (χ0) is 11.9. The summed E-state index contributed by atoms with van der Waals surface area (Å²) < 4.78 is 13.3. The highest BCUT2D eigenvalue weighted by Crippen LogP contribution is 2.52. The monoisotopic (exact) mass is 242 g/mol. The number of hydrogen-bond acceptors (Lipinski definition) is 1. The second-order valence-electron chi connectivity index (χ2n) is 4.41. The van der Waals surface area contributed by atoms with Crippen LogP contribution in [0, 0.1) is 12.7 Å². The molecule has 86 valence electrons. The molecular formula is C12H12ClFO2. The van der Waals surface area contributed by atoms with Crippen LogP contribution < -0.4 is 0 Å². The summed E-state index contributed by atoms with van der Waals surface area (Å²) >= 11 is 5.90. The molecule has 0 aromatic heterocycles. The Hall–Kier alpha value is -1.09. The summed E-state index contributed by atoms with van der Waals surface area (Å²) in [5, 5.41) is 9.22. The van der Waals surface area contributed by atoms with Crippen LogP contribution >= 0.6 is 11.6 Å². The smallest absolute Gasteiger partial charge is 0.304 e. The molecule has 1 saturated carbocycles. The van der Waals surface area contributed by atoms with Gasteiger partial charge in [-0.15, -0.1) is 0 Å². The van der Waals surface area contributed by atoms with Crippen molar-refractivity contribution < 1.29 is 14.3 Å². The quantitative estimate of drug-likeness (QED) is 0.883. The Morgan fingerprint density at radius 3 is 2.69 bits per heavy atom. The van der Waals surface area contributed by atoms with Gasteiger partial charge in [-0.2, -0.15) is 0 Å². The SMILES string of the molecule is Cc1c(Cl)cc(F)cc1C1(CC(=O)O)CC1. The number of carboxylic acids is 1. The number of halogens is 2. The predicted octanol–water partition coefficient (Wildman–Crippen LogP) is 3.29. The molecule has 0 aliphatic heterocycles. The molecule has 0 heterocycles. The molecule has 0 atom stereocenters. The summed E-state index contributed by atoms with van der Waals surface area (Å²) in [5.41, 5.74) is 1.16. The number of hydrogen-bond donors (Lipinski definition) is 1. The molecule has 0 bridgehead atoms. The molecule has 0 saturated heterocycles. The van der Waals surface area contributed by atoms with Crippen LogP contribution in [0.3, 0.4) is 0 Å². The normalized spacial score (nSPS) is 17.2. The van der Waals surface area contributed by atoms with Crippen LogP contribution in [0.15, 0.2) is 12.1 Å². The Bertz CT molecular complexity index is 453. The van der Waals surface area contributed by atoms with Gasteiger partial charge in [0.05, 0.1) is 6.42 Å². The Morgan fingerprint density at radius 2 is 2.19 bits per heavy atom. The van der Waals surface area contributed by atoms with Gasteiger partial charge in [-0.25, -0.2) is 4.39 Å². The lowest BCUT2D eigenvalue weighted by Gasteiger charge is -2.17. The molecule has 4 heteroatoms. The summed E-state index contributed by atoms with van der Waals surface area (Å²) in [5.74, 6) is -1.25. The third kappa shape index (κ3) is 1.92. The van der Waals surface area contributed by atoms with Gasteiger partial charge in [0, 0.05) is 10.4 Å². The van der Waals surface area contributed by atoms with E-state index in [9.17, 15) is 9.18 Å². The highest BCUT2D eigenvalue weighted by atomic mass is 35.5. The van der Waals surface area contributed by atoms with Crippen molar-refractivity contribution in [2.45, 2.75) is 31.6 Å². The molecule has 1 aromatic rings. The molecular weight excluding hydrogens is 231 g/mol. The third-order valence-corrected chi connectivity index (χ3v) is 3.62. The maximum absolute atomic E-state index is 13.3. The minimum absolute atomic E-state index is 0.0492. The van der Waals surface area contributed by atoms with E-state index in [1.165, 1.54) is 12.1 Å². The fourth-order valence-corrected chi connectivity index (χ4v) is 2.38. The third-order valence-electron chi connectivity index (χ3n) is 3.22. The number of rotatable bonds is 3. The van der Waals surface area contributed by atoms with Crippen molar-refractivity contribution in [2.75, 3.05) is 0 Å². The van der Waals surface area contributed by atoms with Crippen LogP contribution in [0.4, 0.5) is 4.39 Å². The molecule has 2 nitrogen and oxygen atoms in total. The molecule has 0 spiro atoms. The van der Waals surface area contributed by atoms with Crippen molar-refractivity contribution in [1.82, 2.24) is 0 Å². The molecule has 0 unspecified atom stereocenters. The summed E-state index contributed by atoms with van der Waals surface area (Å²) in [6, 6.07) is 2.67. The van der Waals surface area contributed by atoms with E-state index < -0.39 is 11.8 Å². The van der Waals surface area contributed by atoms with E-state index in [1.54, 1.807) is 6.92 Å². The Morgan fingerprint density at radius 1 is 1.56 bits per heavy atom. The van der Waals surface area contributed by atoms with Crippen molar-refractivity contribution in [3.63, 3.8) is 0 Å². The lowest BCUT2D eigenvalue weighted by Crippen LogP contribution is -2.14. The van der Waals surface area contributed by atoms with Gasteiger partial charge in [-0.1, -0.05) is 11.6 Å². The minimum atomic E-state index is -0.850. The summed E-state index contributed by atoms with van der Waals surface area (Å²) in [6.45, 7) is 1.80. The Balaban J connectivity index is 2.44. The zero-order valence-electron chi connectivity index (χ0n) is 8.89. The number of carbonyl (C=O) groups is 1. The van der Waals surface area contributed by atoms with Gasteiger partial charge < -0.3 is 5.11 Å². The molecule has 1 aromatic carbocycles. The van der Waals surface area contributed by atoms with E-state index in [4.69, 9.17) is 16.7 Å². The summed E-state index contributed by atoms with van der Waals surface area (Å²) in [6.07, 6.45) is 1.63. The maximum atomic E-state index is 13.3. The molecule has 0 radical (unpaired) electrons. The van der Waals surface area contributed by atoms with Gasteiger partial charge in [-0.05, 0) is 43.0 Å². The van der Waals surface area contributed by atoms with Gasteiger partial charge >= 0.3 is 5.97 Å². The first-order valence-corrected chi connectivity index (χ1v) is 5.50. The van der Waals surface area contributed by atoms with Crippen molar-refractivity contribution in [1.29, 1.82) is 0 Å². The van der Waals surface area contributed by atoms with Crippen LogP contribution in [0.25, 0.3) is 0 Å². The number of benzene rings is 1. The van der Waals surface area contributed by atoms with Crippen LogP contribution in [0.2, 0.25) is 5.02 Å². The molecule has 16 heavy (non-hydrogen) atoms. The van der Waals surface area contributed by atoms with Crippen molar-refractivity contribution in [3.8, 4) is 0 Å². The molecule has 2 rings (SSSR count). The van der Waals surface area contributed by atoms with E-state index in [0.29, 0.717) is 5.02 Å². The minimum Gasteiger partial charge on any atom is -0.481 e. The molecule has 1 fully saturated rings. The van der Waals surface area contributed by atoms with Gasteiger partial charge in [0.1, 0.15) is 5.82 Å². The first-order valence-electron chi connectivity index (χ1n) is 5.12. The largest absolute Gasteiger partial charge is 0.481 e.